The van der Waals surface area contributed by atoms with Crippen LogP contribution in [0.3, 0.4) is 0 Å². The van der Waals surface area contributed by atoms with Crippen molar-refractivity contribution in [2.45, 2.75) is 88.4 Å². The molecular formula is C39H34Br2F4N2O3. The number of hydrogen-bond donors (Lipinski definition) is 0. The molecular weight excluding hydrogens is 780 g/mol. The molecule has 2 fully saturated rings. The molecule has 50 heavy (non-hydrogen) atoms. The van der Waals surface area contributed by atoms with Crippen LogP contribution in [0.25, 0.3) is 0 Å². The number of halogens is 6. The van der Waals surface area contributed by atoms with Gasteiger partial charge in [0.15, 0.2) is 29.1 Å². The van der Waals surface area contributed by atoms with Crippen LogP contribution in [0.4, 0.5) is 28.9 Å². The number of fused-ring (bicyclic) bond motifs is 2. The Morgan fingerprint density at radius 3 is 1.40 bits per heavy atom. The maximum Gasteiger partial charge on any atom is 0.183 e. The van der Waals surface area contributed by atoms with Crippen molar-refractivity contribution >= 4 is 49.0 Å². The molecule has 0 unspecified atom stereocenters. The van der Waals surface area contributed by atoms with Crippen LogP contribution < -0.4 is 19.3 Å². The maximum absolute atomic E-state index is 15.2. The molecule has 0 amide bonds. The zero-order chi connectivity index (χ0) is 35.1. The highest BCUT2D eigenvalue weighted by Crippen LogP contribution is 2.60. The molecule has 2 atom stereocenters. The number of carbonyl (C=O) groups is 1. The molecule has 4 aromatic carbocycles. The molecule has 260 valence electrons. The van der Waals surface area contributed by atoms with Crippen molar-refractivity contribution in [1.29, 1.82) is 0 Å². The Balaban J connectivity index is 1.15. The molecule has 8 rings (SSSR count). The Hall–Kier alpha value is -3.57. The van der Waals surface area contributed by atoms with Gasteiger partial charge in [-0.15, -0.1) is 0 Å². The number of carbonyl (C=O) groups excluding carboxylic acids is 1. The summed E-state index contributed by atoms with van der Waals surface area (Å²) in [6.45, 7) is 4.32. The number of Topliss-reactive ketones (excluding diaryl/α,β-unsaturated/α-hetero) is 1. The van der Waals surface area contributed by atoms with Crippen molar-refractivity contribution < 1.29 is 31.8 Å². The number of benzene rings is 4. The average molecular weight is 815 g/mol. The third-order valence-electron chi connectivity index (χ3n) is 10.8. The normalized spacial score (nSPS) is 21.3. The van der Waals surface area contributed by atoms with Crippen LogP contribution in [0.2, 0.25) is 0 Å². The van der Waals surface area contributed by atoms with E-state index in [1.807, 2.05) is 24.3 Å². The monoisotopic (exact) mass is 812 g/mol. The fourth-order valence-electron chi connectivity index (χ4n) is 8.22. The minimum Gasteiger partial charge on any atom is -0.456 e. The van der Waals surface area contributed by atoms with Crippen LogP contribution in [0.5, 0.6) is 23.0 Å². The number of rotatable bonds is 8. The van der Waals surface area contributed by atoms with E-state index in [4.69, 9.17) is 9.47 Å². The molecule has 4 aliphatic rings. The molecule has 4 aromatic rings. The van der Waals surface area contributed by atoms with Crippen LogP contribution in [0.1, 0.15) is 63.5 Å². The lowest BCUT2D eigenvalue weighted by molar-refractivity contribution is -0.124. The van der Waals surface area contributed by atoms with Crippen molar-refractivity contribution in [2.75, 3.05) is 9.80 Å². The van der Waals surface area contributed by atoms with Gasteiger partial charge in [-0.25, -0.2) is 17.6 Å². The Morgan fingerprint density at radius 2 is 1.04 bits per heavy atom. The zero-order valence-corrected chi connectivity index (χ0v) is 30.6. The summed E-state index contributed by atoms with van der Waals surface area (Å²) >= 11 is 7.23. The third kappa shape index (κ3) is 5.41. The fourth-order valence-corrected chi connectivity index (χ4v) is 9.12. The van der Waals surface area contributed by atoms with Crippen molar-refractivity contribution in [2.24, 2.45) is 0 Å². The van der Waals surface area contributed by atoms with E-state index in [9.17, 15) is 17.6 Å². The van der Waals surface area contributed by atoms with Crippen LogP contribution in [0, 0.1) is 23.3 Å². The molecule has 0 spiro atoms. The minimum atomic E-state index is -0.986. The van der Waals surface area contributed by atoms with Gasteiger partial charge >= 0.3 is 0 Å². The lowest BCUT2D eigenvalue weighted by atomic mass is 9.86. The van der Waals surface area contributed by atoms with E-state index in [2.05, 4.69) is 55.5 Å². The predicted molar refractivity (Wildman–Crippen MR) is 191 cm³/mol. The topological polar surface area (TPSA) is 42.0 Å². The van der Waals surface area contributed by atoms with E-state index < -0.39 is 34.3 Å². The molecule has 5 nitrogen and oxygen atoms in total. The number of anilines is 2. The van der Waals surface area contributed by atoms with Gasteiger partial charge in [-0.3, -0.25) is 4.79 Å². The van der Waals surface area contributed by atoms with E-state index in [-0.39, 0.29) is 29.4 Å². The molecule has 2 saturated carbocycles. The lowest BCUT2D eigenvalue weighted by Gasteiger charge is -2.48. The second-order valence-corrected chi connectivity index (χ2v) is 15.7. The Morgan fingerprint density at radius 1 is 0.640 bits per heavy atom. The standard InChI is InChI=1S/C39H34Br2F4N2O3/c1-21-3-7-25-33(13-9-27(40)35(25)49-23-5-11-29(42)31(44)19-23)46(21)38(15-16-38)37(48)39(17-18-39)47-22(2)4-8-26-34(47)14-10-28(41)36(26)50-24-6-12-30(43)32(45)20-24/h5-6,9-14,19-22H,3-4,7-8,15-18H2,1-2H3/t21-,22-/m0/s1. The summed E-state index contributed by atoms with van der Waals surface area (Å²) in [7, 11) is 0. The highest BCUT2D eigenvalue weighted by molar-refractivity contribution is 9.11. The van der Waals surface area contributed by atoms with Gasteiger partial charge < -0.3 is 19.3 Å². The summed E-state index contributed by atoms with van der Waals surface area (Å²) in [5, 5.41) is 0. The molecule has 11 heteroatoms. The van der Waals surface area contributed by atoms with E-state index in [1.54, 1.807) is 0 Å². The molecule has 2 heterocycles. The second-order valence-electron chi connectivity index (χ2n) is 14.0. The minimum absolute atomic E-state index is 0.0835. The highest BCUT2D eigenvalue weighted by Gasteiger charge is 2.68. The van der Waals surface area contributed by atoms with Crippen molar-refractivity contribution in [3.63, 3.8) is 0 Å². The largest absolute Gasteiger partial charge is 0.456 e. The molecule has 0 radical (unpaired) electrons. The summed E-state index contributed by atoms with van der Waals surface area (Å²) in [4.78, 5) is 19.8. The van der Waals surface area contributed by atoms with Crippen molar-refractivity contribution in [3.05, 3.63) is 104 Å². The van der Waals surface area contributed by atoms with Gasteiger partial charge in [-0.1, -0.05) is 0 Å². The van der Waals surface area contributed by atoms with Crippen molar-refractivity contribution in [1.82, 2.24) is 0 Å². The van der Waals surface area contributed by atoms with Crippen molar-refractivity contribution in [3.8, 4) is 23.0 Å². The summed E-state index contributed by atoms with van der Waals surface area (Å²) in [6, 6.07) is 15.0. The van der Waals surface area contributed by atoms with Gasteiger partial charge in [0.2, 0.25) is 0 Å². The Bertz CT molecular complexity index is 1910. The number of nitrogens with zero attached hydrogens (tertiary/aromatic N) is 2. The van der Waals surface area contributed by atoms with Gasteiger partial charge in [0.1, 0.15) is 34.1 Å². The second kappa shape index (κ2) is 12.3. The maximum atomic E-state index is 15.2. The quantitative estimate of drug-likeness (QED) is 0.166. The fraction of sp³-hybridized carbons (Fsp3) is 0.359. The van der Waals surface area contributed by atoms with E-state index in [0.717, 1.165) is 85.3 Å². The molecule has 0 aromatic heterocycles. The smallest absolute Gasteiger partial charge is 0.183 e. The summed E-state index contributed by atoms with van der Waals surface area (Å²) in [6.07, 6.45) is 5.90. The van der Waals surface area contributed by atoms with Gasteiger partial charge in [0.25, 0.3) is 0 Å². The molecule has 0 saturated heterocycles. The summed E-state index contributed by atoms with van der Waals surface area (Å²) < 4.78 is 69.3. The van der Waals surface area contributed by atoms with Gasteiger partial charge in [-0.2, -0.15) is 0 Å². The first-order chi connectivity index (χ1) is 23.9. The molecule has 2 aliphatic heterocycles. The summed E-state index contributed by atoms with van der Waals surface area (Å²) in [5.41, 5.74) is 2.29. The molecule has 0 N–H and O–H groups in total. The third-order valence-corrected chi connectivity index (χ3v) is 12.1. The first kappa shape index (κ1) is 33.6. The van der Waals surface area contributed by atoms with Gasteiger partial charge in [-0.05, 0) is 146 Å². The highest BCUT2D eigenvalue weighted by atomic mass is 79.9. The van der Waals surface area contributed by atoms with E-state index in [0.29, 0.717) is 33.3 Å². The van der Waals surface area contributed by atoms with Crippen LogP contribution in [0.15, 0.2) is 69.6 Å². The van der Waals surface area contributed by atoms with Crippen LogP contribution in [-0.2, 0) is 17.6 Å². The lowest BCUT2D eigenvalue weighted by Crippen LogP contribution is -2.60. The first-order valence-corrected chi connectivity index (χ1v) is 18.5. The number of ether oxygens (including phenoxy) is 2. The molecule has 0 bridgehead atoms. The number of hydrogen-bond acceptors (Lipinski definition) is 5. The zero-order valence-electron chi connectivity index (χ0n) is 27.5. The SMILES string of the molecule is C[C@H]1CCc2c(ccc(Br)c2Oc2ccc(F)c(F)c2)N1C1(C(=O)C2(N3c4ccc(Br)c(Oc5ccc(F)c(F)c5)c4CC[C@@H]3C)CC2)CC1. The first-order valence-electron chi connectivity index (χ1n) is 17.0. The Kier molecular flexibility index (Phi) is 8.25. The summed E-state index contributed by atoms with van der Waals surface area (Å²) in [5.74, 6) is -2.20. The predicted octanol–water partition coefficient (Wildman–Crippen LogP) is 11.0. The van der Waals surface area contributed by atoms with E-state index in [1.165, 1.54) is 12.1 Å². The van der Waals surface area contributed by atoms with Gasteiger partial charge in [0.05, 0.1) is 8.95 Å². The number of ketones is 1. The molecule has 2 aliphatic carbocycles. The van der Waals surface area contributed by atoms with E-state index >= 15 is 4.79 Å². The Labute approximate surface area is 304 Å². The van der Waals surface area contributed by atoms with Crippen LogP contribution in [-0.4, -0.2) is 28.9 Å². The average Bonchev–Trinajstić information content (AvgIpc) is 4.03. The van der Waals surface area contributed by atoms with Crippen LogP contribution >= 0.6 is 31.9 Å². The van der Waals surface area contributed by atoms with Gasteiger partial charge in [0, 0.05) is 46.7 Å².